The first-order chi connectivity index (χ1) is 9.15. The smallest absolute Gasteiger partial charge is 0.170 e. The molecule has 3 rings (SSSR count). The van der Waals surface area contributed by atoms with Gasteiger partial charge in [0.25, 0.3) is 0 Å². The summed E-state index contributed by atoms with van der Waals surface area (Å²) in [6, 6.07) is 4.87. The summed E-state index contributed by atoms with van der Waals surface area (Å²) in [6.45, 7) is 4.86. The topological polar surface area (TPSA) is 55.6 Å². The Kier molecular flexibility index (Phi) is 3.36. The second-order valence-electron chi connectivity index (χ2n) is 5.07. The quantitative estimate of drug-likeness (QED) is 0.938. The molecule has 1 aliphatic carbocycles. The van der Waals surface area contributed by atoms with Crippen molar-refractivity contribution in [3.8, 4) is 5.69 Å². The van der Waals surface area contributed by atoms with Crippen LogP contribution in [0.5, 0.6) is 0 Å². The highest BCUT2D eigenvalue weighted by Gasteiger charge is 2.22. The van der Waals surface area contributed by atoms with Crippen LogP contribution in [0.1, 0.15) is 29.8 Å². The minimum absolute atomic E-state index is 0.646. The van der Waals surface area contributed by atoms with Gasteiger partial charge in [-0.05, 0) is 70.2 Å². The molecule has 0 radical (unpaired) electrons. The van der Waals surface area contributed by atoms with Gasteiger partial charge < -0.3 is 5.32 Å². The van der Waals surface area contributed by atoms with Gasteiger partial charge >= 0.3 is 0 Å². The van der Waals surface area contributed by atoms with E-state index in [-0.39, 0.29) is 0 Å². The number of hydrogen-bond acceptors (Lipinski definition) is 4. The molecule has 0 bridgehead atoms. The summed E-state index contributed by atoms with van der Waals surface area (Å²) in [5, 5.41) is 15.5. The lowest BCUT2D eigenvalue weighted by Crippen LogP contribution is -2.19. The molecule has 2 aromatic rings. The van der Waals surface area contributed by atoms with Crippen LogP contribution in [0.2, 0.25) is 0 Å². The molecular formula is C13H16BrN5. The Bertz CT molecular complexity index is 580. The third-order valence-electron chi connectivity index (χ3n) is 3.27. The number of aryl methyl sites for hydroxylation is 2. The van der Waals surface area contributed by atoms with Gasteiger partial charge in [0.2, 0.25) is 0 Å². The van der Waals surface area contributed by atoms with Gasteiger partial charge in [0, 0.05) is 10.5 Å². The summed E-state index contributed by atoms with van der Waals surface area (Å²) < 4.78 is 2.83. The van der Waals surface area contributed by atoms with E-state index in [1.165, 1.54) is 18.4 Å². The molecule has 1 aromatic carbocycles. The molecule has 5 nitrogen and oxygen atoms in total. The molecule has 0 atom stereocenters. The van der Waals surface area contributed by atoms with Crippen molar-refractivity contribution in [2.75, 3.05) is 0 Å². The van der Waals surface area contributed by atoms with E-state index in [4.69, 9.17) is 0 Å². The average Bonchev–Trinajstić information content (AvgIpc) is 3.06. The van der Waals surface area contributed by atoms with Crippen molar-refractivity contribution >= 4 is 15.9 Å². The zero-order valence-corrected chi connectivity index (χ0v) is 12.6. The van der Waals surface area contributed by atoms with Crippen molar-refractivity contribution in [2.45, 2.75) is 39.3 Å². The van der Waals surface area contributed by atoms with E-state index < -0.39 is 0 Å². The summed E-state index contributed by atoms with van der Waals surface area (Å²) in [4.78, 5) is 0. The second kappa shape index (κ2) is 5.02. The molecule has 100 valence electrons. The fraction of sp³-hybridized carbons (Fsp3) is 0.462. The van der Waals surface area contributed by atoms with Crippen molar-refractivity contribution in [3.63, 3.8) is 0 Å². The minimum atomic E-state index is 0.646. The fourth-order valence-corrected chi connectivity index (χ4v) is 3.03. The van der Waals surface area contributed by atoms with Crippen LogP contribution in [0.15, 0.2) is 16.6 Å². The predicted octanol–water partition coefficient (Wildman–Crippen LogP) is 2.29. The van der Waals surface area contributed by atoms with E-state index in [1.807, 2.05) is 4.68 Å². The highest BCUT2D eigenvalue weighted by atomic mass is 79.9. The number of hydrogen-bond donors (Lipinski definition) is 1. The van der Waals surface area contributed by atoms with E-state index in [1.54, 1.807) is 0 Å². The number of rotatable bonds is 4. The lowest BCUT2D eigenvalue weighted by atomic mass is 10.1. The summed E-state index contributed by atoms with van der Waals surface area (Å²) in [6.07, 6.45) is 2.52. The van der Waals surface area contributed by atoms with Crippen LogP contribution in [0.4, 0.5) is 0 Å². The molecule has 1 N–H and O–H groups in total. The van der Waals surface area contributed by atoms with Gasteiger partial charge in [0.05, 0.1) is 12.2 Å². The van der Waals surface area contributed by atoms with Crippen LogP contribution >= 0.6 is 15.9 Å². The van der Waals surface area contributed by atoms with Crippen molar-refractivity contribution in [3.05, 3.63) is 33.6 Å². The second-order valence-corrected chi connectivity index (χ2v) is 5.93. The molecule has 1 heterocycles. The van der Waals surface area contributed by atoms with Gasteiger partial charge in [0.15, 0.2) is 5.82 Å². The lowest BCUT2D eigenvalue weighted by Gasteiger charge is -2.11. The molecule has 6 heteroatoms. The fourth-order valence-electron chi connectivity index (χ4n) is 2.19. The maximum absolute atomic E-state index is 4.12. The van der Waals surface area contributed by atoms with Crippen LogP contribution in [0.3, 0.4) is 0 Å². The molecule has 0 aliphatic heterocycles. The monoisotopic (exact) mass is 321 g/mol. The lowest BCUT2D eigenvalue weighted by molar-refractivity contribution is 0.636. The van der Waals surface area contributed by atoms with Crippen LogP contribution in [-0.4, -0.2) is 26.2 Å². The van der Waals surface area contributed by atoms with E-state index in [9.17, 15) is 0 Å². The number of tetrazole rings is 1. The Morgan fingerprint density at radius 3 is 2.84 bits per heavy atom. The molecule has 19 heavy (non-hydrogen) atoms. The SMILES string of the molecule is Cc1cc(C)c(-n2nnnc2CNC2CC2)c(Br)c1. The first-order valence-electron chi connectivity index (χ1n) is 6.43. The van der Waals surface area contributed by atoms with Crippen molar-refractivity contribution in [1.29, 1.82) is 0 Å². The Balaban J connectivity index is 1.95. The Labute approximate surface area is 120 Å². The summed E-state index contributed by atoms with van der Waals surface area (Å²) in [5.41, 5.74) is 3.40. The molecule has 0 spiro atoms. The predicted molar refractivity (Wildman–Crippen MR) is 76.2 cm³/mol. The van der Waals surface area contributed by atoms with Crippen LogP contribution in [0, 0.1) is 13.8 Å². The Morgan fingerprint density at radius 1 is 1.37 bits per heavy atom. The van der Waals surface area contributed by atoms with Gasteiger partial charge in [-0.25, -0.2) is 0 Å². The number of nitrogens with one attached hydrogen (secondary N) is 1. The Hall–Kier alpha value is -1.27. The molecule has 0 saturated heterocycles. The van der Waals surface area contributed by atoms with E-state index in [0.717, 1.165) is 21.5 Å². The molecule has 1 saturated carbocycles. The third kappa shape index (κ3) is 2.69. The van der Waals surface area contributed by atoms with Crippen LogP contribution < -0.4 is 5.32 Å². The zero-order valence-electron chi connectivity index (χ0n) is 11.0. The van der Waals surface area contributed by atoms with Gasteiger partial charge in [-0.3, -0.25) is 0 Å². The maximum Gasteiger partial charge on any atom is 0.170 e. The van der Waals surface area contributed by atoms with Crippen molar-refractivity contribution in [2.24, 2.45) is 0 Å². The number of nitrogens with zero attached hydrogens (tertiary/aromatic N) is 4. The average molecular weight is 322 g/mol. The van der Waals surface area contributed by atoms with Crippen molar-refractivity contribution < 1.29 is 0 Å². The van der Waals surface area contributed by atoms with Crippen LogP contribution in [0.25, 0.3) is 5.69 Å². The molecule has 1 aliphatic rings. The van der Waals surface area contributed by atoms with E-state index >= 15 is 0 Å². The van der Waals surface area contributed by atoms with Gasteiger partial charge in [-0.1, -0.05) is 6.07 Å². The van der Waals surface area contributed by atoms with Crippen LogP contribution in [-0.2, 0) is 6.54 Å². The highest BCUT2D eigenvalue weighted by Crippen LogP contribution is 2.26. The molecule has 1 fully saturated rings. The largest absolute Gasteiger partial charge is 0.307 e. The standard InChI is InChI=1S/C13H16BrN5/c1-8-5-9(2)13(11(14)6-8)19-12(16-17-18-19)7-15-10-3-4-10/h5-6,10,15H,3-4,7H2,1-2H3. The normalized spacial score (nSPS) is 14.9. The first kappa shape index (κ1) is 12.7. The van der Waals surface area contributed by atoms with E-state index in [0.29, 0.717) is 12.6 Å². The van der Waals surface area contributed by atoms with Crippen molar-refractivity contribution in [1.82, 2.24) is 25.5 Å². The van der Waals surface area contributed by atoms with Gasteiger partial charge in [-0.2, -0.15) is 4.68 Å². The third-order valence-corrected chi connectivity index (χ3v) is 3.87. The molecule has 0 amide bonds. The van der Waals surface area contributed by atoms with Gasteiger partial charge in [-0.15, -0.1) is 5.10 Å². The zero-order chi connectivity index (χ0) is 13.4. The summed E-state index contributed by atoms with van der Waals surface area (Å²) in [5.74, 6) is 0.847. The molecule has 0 unspecified atom stereocenters. The Morgan fingerprint density at radius 2 is 2.16 bits per heavy atom. The maximum atomic E-state index is 4.12. The molecule has 1 aromatic heterocycles. The highest BCUT2D eigenvalue weighted by molar-refractivity contribution is 9.10. The first-order valence-corrected chi connectivity index (χ1v) is 7.22. The number of halogens is 1. The summed E-state index contributed by atoms with van der Waals surface area (Å²) in [7, 11) is 0. The van der Waals surface area contributed by atoms with Gasteiger partial charge in [0.1, 0.15) is 0 Å². The van der Waals surface area contributed by atoms with E-state index in [2.05, 4.69) is 62.8 Å². The minimum Gasteiger partial charge on any atom is -0.307 e. The molecular weight excluding hydrogens is 306 g/mol. The summed E-state index contributed by atoms with van der Waals surface area (Å²) >= 11 is 3.61. The number of aromatic nitrogens is 4. The number of benzene rings is 1.